The summed E-state index contributed by atoms with van der Waals surface area (Å²) in [5, 5.41) is 15.0. The first-order valence-corrected chi connectivity index (χ1v) is 8.74. The van der Waals surface area contributed by atoms with Crippen molar-refractivity contribution >= 4 is 17.2 Å². The van der Waals surface area contributed by atoms with E-state index in [0.717, 1.165) is 36.3 Å². The topological polar surface area (TPSA) is 71.2 Å². The van der Waals surface area contributed by atoms with Gasteiger partial charge in [0.2, 0.25) is 0 Å². The lowest BCUT2D eigenvalue weighted by Crippen LogP contribution is -2.37. The van der Waals surface area contributed by atoms with Gasteiger partial charge in [0.05, 0.1) is 18.5 Å². The highest BCUT2D eigenvalue weighted by Crippen LogP contribution is 2.27. The van der Waals surface area contributed by atoms with E-state index in [0.29, 0.717) is 11.4 Å². The molecule has 6 nitrogen and oxygen atoms in total. The smallest absolute Gasteiger partial charge is 0.265 e. The van der Waals surface area contributed by atoms with Crippen molar-refractivity contribution in [2.75, 3.05) is 13.6 Å². The molecule has 124 valence electrons. The van der Waals surface area contributed by atoms with Crippen LogP contribution in [0.15, 0.2) is 18.6 Å². The van der Waals surface area contributed by atoms with Gasteiger partial charge in [0.15, 0.2) is 0 Å². The summed E-state index contributed by atoms with van der Waals surface area (Å²) in [5.41, 5.74) is 0.918. The number of aryl methyl sites for hydroxylation is 1. The van der Waals surface area contributed by atoms with E-state index < -0.39 is 0 Å². The zero-order valence-corrected chi connectivity index (χ0v) is 14.3. The van der Waals surface area contributed by atoms with Crippen LogP contribution in [0.1, 0.15) is 35.4 Å². The summed E-state index contributed by atoms with van der Waals surface area (Å²) in [5.74, 6) is 0.152. The molecule has 0 aliphatic heterocycles. The maximum Gasteiger partial charge on any atom is 0.265 e. The van der Waals surface area contributed by atoms with Crippen LogP contribution in [0.2, 0.25) is 0 Å². The molecule has 1 fully saturated rings. The number of nitrogens with zero attached hydrogens (tertiary/aromatic N) is 4. The van der Waals surface area contributed by atoms with Crippen molar-refractivity contribution in [3.05, 3.63) is 23.5 Å². The first kappa shape index (κ1) is 16.1. The minimum absolute atomic E-state index is 0.0320. The molecule has 2 unspecified atom stereocenters. The molecule has 2 atom stereocenters. The van der Waals surface area contributed by atoms with Crippen LogP contribution in [0.25, 0.3) is 10.6 Å². The third-order valence-electron chi connectivity index (χ3n) is 4.39. The van der Waals surface area contributed by atoms with Crippen LogP contribution >= 0.6 is 11.3 Å². The second-order valence-corrected chi connectivity index (χ2v) is 7.26. The standard InChI is InChI=1S/C16H22N4O2S/c1-19(9-11-5-3-4-6-13(11)21)16(22)14-8-17-15(23-14)12-7-18-20(2)10-12/h7-8,10-11,13,21H,3-6,9H2,1-2H3. The van der Waals surface area contributed by atoms with Crippen molar-refractivity contribution in [3.8, 4) is 10.6 Å². The van der Waals surface area contributed by atoms with Crippen molar-refractivity contribution in [3.63, 3.8) is 0 Å². The molecule has 1 aliphatic carbocycles. The Morgan fingerprint density at radius 1 is 1.43 bits per heavy atom. The predicted octanol–water partition coefficient (Wildman–Crippen LogP) is 2.17. The van der Waals surface area contributed by atoms with E-state index in [4.69, 9.17) is 0 Å². The van der Waals surface area contributed by atoms with E-state index in [2.05, 4.69) is 10.1 Å². The molecule has 1 amide bonds. The van der Waals surface area contributed by atoms with Gasteiger partial charge in [-0.15, -0.1) is 11.3 Å². The van der Waals surface area contributed by atoms with Crippen LogP contribution in [-0.2, 0) is 7.05 Å². The highest BCUT2D eigenvalue weighted by Gasteiger charge is 2.26. The Morgan fingerprint density at radius 3 is 2.91 bits per heavy atom. The van der Waals surface area contributed by atoms with E-state index in [1.807, 2.05) is 13.2 Å². The van der Waals surface area contributed by atoms with Crippen molar-refractivity contribution in [2.45, 2.75) is 31.8 Å². The van der Waals surface area contributed by atoms with Gasteiger partial charge in [0.1, 0.15) is 9.88 Å². The molecule has 7 heteroatoms. The molecule has 0 aromatic carbocycles. The fourth-order valence-electron chi connectivity index (χ4n) is 3.06. The molecule has 2 aromatic rings. The van der Waals surface area contributed by atoms with Crippen LogP contribution in [-0.4, -0.2) is 50.4 Å². The average Bonchev–Trinajstić information content (AvgIpc) is 3.17. The lowest BCUT2D eigenvalue weighted by molar-refractivity contribution is 0.0453. The molecule has 2 aromatic heterocycles. The van der Waals surface area contributed by atoms with Gasteiger partial charge in [0, 0.05) is 38.3 Å². The predicted molar refractivity (Wildman–Crippen MR) is 89.2 cm³/mol. The largest absolute Gasteiger partial charge is 0.393 e. The Hall–Kier alpha value is -1.73. The molecule has 3 rings (SSSR count). The Morgan fingerprint density at radius 2 is 2.22 bits per heavy atom. The summed E-state index contributed by atoms with van der Waals surface area (Å²) in [6, 6.07) is 0. The van der Waals surface area contributed by atoms with E-state index in [1.54, 1.807) is 29.0 Å². The van der Waals surface area contributed by atoms with Gasteiger partial charge >= 0.3 is 0 Å². The number of hydrogen-bond donors (Lipinski definition) is 1. The minimum Gasteiger partial charge on any atom is -0.393 e. The van der Waals surface area contributed by atoms with Gasteiger partial charge < -0.3 is 10.0 Å². The number of aliphatic hydroxyl groups excluding tert-OH is 1. The highest BCUT2D eigenvalue weighted by atomic mass is 32.1. The lowest BCUT2D eigenvalue weighted by atomic mass is 9.86. The number of amides is 1. The molecule has 0 spiro atoms. The summed E-state index contributed by atoms with van der Waals surface area (Å²) in [7, 11) is 3.65. The molecule has 1 saturated carbocycles. The van der Waals surface area contributed by atoms with Crippen LogP contribution in [0.5, 0.6) is 0 Å². The lowest BCUT2D eigenvalue weighted by Gasteiger charge is -2.31. The van der Waals surface area contributed by atoms with Crippen molar-refractivity contribution < 1.29 is 9.90 Å². The first-order chi connectivity index (χ1) is 11.0. The maximum atomic E-state index is 12.6. The Bertz CT molecular complexity index is 681. The van der Waals surface area contributed by atoms with Crippen molar-refractivity contribution in [1.29, 1.82) is 0 Å². The number of carbonyl (C=O) groups is 1. The van der Waals surface area contributed by atoms with Crippen LogP contribution in [0, 0.1) is 5.92 Å². The zero-order valence-electron chi connectivity index (χ0n) is 13.5. The number of carbonyl (C=O) groups excluding carboxylic acids is 1. The van der Waals surface area contributed by atoms with E-state index >= 15 is 0 Å². The minimum atomic E-state index is -0.286. The Labute approximate surface area is 139 Å². The van der Waals surface area contributed by atoms with Crippen LogP contribution in [0.3, 0.4) is 0 Å². The molecule has 0 radical (unpaired) electrons. The number of aromatic nitrogens is 3. The van der Waals surface area contributed by atoms with E-state index in [-0.39, 0.29) is 17.9 Å². The quantitative estimate of drug-likeness (QED) is 0.930. The summed E-state index contributed by atoms with van der Waals surface area (Å²) < 4.78 is 1.72. The average molecular weight is 334 g/mol. The van der Waals surface area contributed by atoms with Crippen molar-refractivity contribution in [2.24, 2.45) is 13.0 Å². The molecule has 1 aliphatic rings. The molecule has 1 N–H and O–H groups in total. The fourth-order valence-corrected chi connectivity index (χ4v) is 3.95. The number of aliphatic hydroxyl groups is 1. The molecular weight excluding hydrogens is 312 g/mol. The second-order valence-electron chi connectivity index (χ2n) is 6.23. The number of rotatable bonds is 4. The third kappa shape index (κ3) is 3.61. The van der Waals surface area contributed by atoms with E-state index in [9.17, 15) is 9.90 Å². The fraction of sp³-hybridized carbons (Fsp3) is 0.562. The second kappa shape index (κ2) is 6.80. The van der Waals surface area contributed by atoms with Gasteiger partial charge in [-0.1, -0.05) is 12.8 Å². The highest BCUT2D eigenvalue weighted by molar-refractivity contribution is 7.16. The molecule has 23 heavy (non-hydrogen) atoms. The maximum absolute atomic E-state index is 12.6. The SMILES string of the molecule is CN(CC1CCCCC1O)C(=O)c1cnc(-c2cnn(C)c2)s1. The summed E-state index contributed by atoms with van der Waals surface area (Å²) >= 11 is 1.38. The zero-order chi connectivity index (χ0) is 16.4. The van der Waals surface area contributed by atoms with Crippen LogP contribution < -0.4 is 0 Å². The van der Waals surface area contributed by atoms with Gasteiger partial charge in [-0.2, -0.15) is 5.10 Å². The molecule has 2 heterocycles. The summed E-state index contributed by atoms with van der Waals surface area (Å²) in [4.78, 5) is 19.2. The van der Waals surface area contributed by atoms with Crippen LogP contribution in [0.4, 0.5) is 0 Å². The molecular formula is C16H22N4O2S. The normalized spacial score (nSPS) is 21.3. The van der Waals surface area contributed by atoms with Gasteiger partial charge in [-0.25, -0.2) is 4.98 Å². The monoisotopic (exact) mass is 334 g/mol. The Balaban J connectivity index is 1.66. The first-order valence-electron chi connectivity index (χ1n) is 7.93. The number of hydrogen-bond acceptors (Lipinski definition) is 5. The Kier molecular flexibility index (Phi) is 4.77. The van der Waals surface area contributed by atoms with Gasteiger partial charge in [-0.05, 0) is 12.8 Å². The molecule has 0 bridgehead atoms. The summed E-state index contributed by atoms with van der Waals surface area (Å²) in [6.45, 7) is 0.597. The third-order valence-corrected chi connectivity index (χ3v) is 5.43. The number of thiazole rings is 1. The van der Waals surface area contributed by atoms with Crippen molar-refractivity contribution in [1.82, 2.24) is 19.7 Å². The molecule has 0 saturated heterocycles. The summed E-state index contributed by atoms with van der Waals surface area (Å²) in [6.07, 6.45) is 9.02. The van der Waals surface area contributed by atoms with Gasteiger partial charge in [-0.3, -0.25) is 9.48 Å². The van der Waals surface area contributed by atoms with Gasteiger partial charge in [0.25, 0.3) is 5.91 Å². The van der Waals surface area contributed by atoms with E-state index in [1.165, 1.54) is 11.3 Å².